The Hall–Kier alpha value is -1.88. The van der Waals surface area contributed by atoms with Gasteiger partial charge in [0.25, 0.3) is 0 Å². The van der Waals surface area contributed by atoms with Crippen LogP contribution >= 0.6 is 0 Å². The van der Waals surface area contributed by atoms with Gasteiger partial charge in [0.1, 0.15) is 5.75 Å². The summed E-state index contributed by atoms with van der Waals surface area (Å²) < 4.78 is 16.4. The number of hydrogen-bond donors (Lipinski definition) is 0. The second kappa shape index (κ2) is 5.63. The molecule has 0 saturated carbocycles. The zero-order valence-corrected chi connectivity index (χ0v) is 11.8. The van der Waals surface area contributed by atoms with Crippen molar-refractivity contribution in [3.8, 4) is 17.2 Å². The largest absolute Gasteiger partial charge is 0.496 e. The van der Waals surface area contributed by atoms with Gasteiger partial charge in [-0.2, -0.15) is 0 Å². The van der Waals surface area contributed by atoms with Crippen LogP contribution < -0.4 is 4.74 Å². The molecule has 2 heterocycles. The van der Waals surface area contributed by atoms with E-state index in [9.17, 15) is 0 Å². The number of ether oxygens (including phenoxy) is 2. The number of rotatable bonds is 3. The second-order valence-corrected chi connectivity index (χ2v) is 4.97. The van der Waals surface area contributed by atoms with Crippen LogP contribution in [0.2, 0.25) is 0 Å². The summed E-state index contributed by atoms with van der Waals surface area (Å²) in [6.07, 6.45) is 2.03. The Balaban J connectivity index is 1.97. The Kier molecular flexibility index (Phi) is 3.69. The summed E-state index contributed by atoms with van der Waals surface area (Å²) in [5.74, 6) is 2.50. The molecular weight excluding hydrogens is 256 g/mol. The normalized spacial score (nSPS) is 16.3. The first-order chi connectivity index (χ1) is 9.78. The second-order valence-electron chi connectivity index (χ2n) is 4.97. The van der Waals surface area contributed by atoms with E-state index < -0.39 is 0 Å². The van der Waals surface area contributed by atoms with Crippen molar-refractivity contribution < 1.29 is 13.9 Å². The van der Waals surface area contributed by atoms with Crippen LogP contribution in [-0.4, -0.2) is 30.5 Å². The van der Waals surface area contributed by atoms with Crippen LogP contribution in [0.5, 0.6) is 5.75 Å². The van der Waals surface area contributed by atoms with E-state index in [4.69, 9.17) is 13.9 Å². The van der Waals surface area contributed by atoms with Gasteiger partial charge in [0.05, 0.1) is 7.11 Å². The lowest BCUT2D eigenvalue weighted by Gasteiger charge is -2.24. The molecule has 0 bridgehead atoms. The minimum Gasteiger partial charge on any atom is -0.496 e. The number of nitrogens with zero attached hydrogens (tertiary/aromatic N) is 2. The highest BCUT2D eigenvalue weighted by molar-refractivity contribution is 5.57. The summed E-state index contributed by atoms with van der Waals surface area (Å²) in [6.45, 7) is 3.40. The van der Waals surface area contributed by atoms with Crippen molar-refractivity contribution in [1.82, 2.24) is 10.2 Å². The summed E-state index contributed by atoms with van der Waals surface area (Å²) >= 11 is 0. The van der Waals surface area contributed by atoms with E-state index in [-0.39, 0.29) is 0 Å². The molecule has 1 saturated heterocycles. The fourth-order valence-corrected chi connectivity index (χ4v) is 2.61. The van der Waals surface area contributed by atoms with Crippen LogP contribution in [0, 0.1) is 6.92 Å². The van der Waals surface area contributed by atoms with Crippen LogP contribution in [0.25, 0.3) is 11.5 Å². The highest BCUT2D eigenvalue weighted by Crippen LogP contribution is 2.36. The molecule has 1 fully saturated rings. The fourth-order valence-electron chi connectivity index (χ4n) is 2.61. The van der Waals surface area contributed by atoms with Crippen molar-refractivity contribution in [1.29, 1.82) is 0 Å². The topological polar surface area (TPSA) is 57.4 Å². The molecule has 1 aromatic heterocycles. The van der Waals surface area contributed by atoms with Gasteiger partial charge in [0, 0.05) is 25.7 Å². The molecule has 3 rings (SSSR count). The molecule has 0 amide bonds. The first-order valence-corrected chi connectivity index (χ1v) is 6.84. The standard InChI is InChI=1S/C15H18N2O3/c1-10-16-17-15(20-10)12-3-4-14(18-2)13(9-12)11-5-7-19-8-6-11/h3-4,9,11H,5-8H2,1-2H3. The Morgan fingerprint density at radius 3 is 2.65 bits per heavy atom. The maximum atomic E-state index is 5.50. The van der Waals surface area contributed by atoms with Gasteiger partial charge in [-0.25, -0.2) is 0 Å². The Bertz CT molecular complexity index is 589. The molecule has 0 unspecified atom stereocenters. The summed E-state index contributed by atoms with van der Waals surface area (Å²) in [5.41, 5.74) is 2.14. The van der Waals surface area contributed by atoms with Crippen LogP contribution in [0.3, 0.4) is 0 Å². The third-order valence-electron chi connectivity index (χ3n) is 3.66. The fraction of sp³-hybridized carbons (Fsp3) is 0.467. The van der Waals surface area contributed by atoms with Crippen molar-refractivity contribution in [3.63, 3.8) is 0 Å². The van der Waals surface area contributed by atoms with Crippen molar-refractivity contribution in [2.45, 2.75) is 25.7 Å². The van der Waals surface area contributed by atoms with Crippen molar-refractivity contribution in [2.24, 2.45) is 0 Å². The van der Waals surface area contributed by atoms with Crippen molar-refractivity contribution >= 4 is 0 Å². The minimum absolute atomic E-state index is 0.461. The molecule has 0 atom stereocenters. The van der Waals surface area contributed by atoms with Gasteiger partial charge in [-0.1, -0.05) is 0 Å². The average Bonchev–Trinajstić information content (AvgIpc) is 2.94. The van der Waals surface area contributed by atoms with Crippen LogP contribution in [0.4, 0.5) is 0 Å². The van der Waals surface area contributed by atoms with Crippen molar-refractivity contribution in [3.05, 3.63) is 29.7 Å². The average molecular weight is 274 g/mol. The predicted molar refractivity (Wildman–Crippen MR) is 73.8 cm³/mol. The zero-order valence-electron chi connectivity index (χ0n) is 11.8. The first kappa shape index (κ1) is 13.1. The lowest BCUT2D eigenvalue weighted by Crippen LogP contribution is -2.14. The molecule has 106 valence electrons. The Labute approximate surface area is 117 Å². The van der Waals surface area contributed by atoms with E-state index in [0.29, 0.717) is 17.7 Å². The van der Waals surface area contributed by atoms with E-state index in [1.165, 1.54) is 5.56 Å². The quantitative estimate of drug-likeness (QED) is 0.861. The molecule has 1 aliphatic rings. The van der Waals surface area contributed by atoms with E-state index >= 15 is 0 Å². The molecule has 0 radical (unpaired) electrons. The molecule has 5 heteroatoms. The molecule has 0 aliphatic carbocycles. The van der Waals surface area contributed by atoms with Gasteiger partial charge in [-0.3, -0.25) is 0 Å². The van der Waals surface area contributed by atoms with Gasteiger partial charge in [-0.05, 0) is 42.5 Å². The van der Waals surface area contributed by atoms with E-state index in [1.54, 1.807) is 14.0 Å². The van der Waals surface area contributed by atoms with E-state index in [0.717, 1.165) is 37.4 Å². The van der Waals surface area contributed by atoms with Gasteiger partial charge in [0.2, 0.25) is 11.8 Å². The van der Waals surface area contributed by atoms with Gasteiger partial charge in [-0.15, -0.1) is 10.2 Å². The molecular formula is C15H18N2O3. The third kappa shape index (κ3) is 2.54. The lowest BCUT2D eigenvalue weighted by atomic mass is 9.90. The molecule has 0 N–H and O–H groups in total. The Morgan fingerprint density at radius 2 is 2.00 bits per heavy atom. The number of aromatic nitrogens is 2. The minimum atomic E-state index is 0.461. The number of benzene rings is 1. The van der Waals surface area contributed by atoms with Crippen molar-refractivity contribution in [2.75, 3.05) is 20.3 Å². The molecule has 2 aromatic rings. The summed E-state index contributed by atoms with van der Waals surface area (Å²) in [6, 6.07) is 6.02. The van der Waals surface area contributed by atoms with Gasteiger partial charge >= 0.3 is 0 Å². The monoisotopic (exact) mass is 274 g/mol. The maximum absolute atomic E-state index is 5.50. The van der Waals surface area contributed by atoms with Crippen LogP contribution in [0.15, 0.2) is 22.6 Å². The highest BCUT2D eigenvalue weighted by Gasteiger charge is 2.21. The van der Waals surface area contributed by atoms with E-state index in [1.807, 2.05) is 12.1 Å². The smallest absolute Gasteiger partial charge is 0.247 e. The van der Waals surface area contributed by atoms with Gasteiger partial charge in [0.15, 0.2) is 0 Å². The molecule has 20 heavy (non-hydrogen) atoms. The summed E-state index contributed by atoms with van der Waals surface area (Å²) in [7, 11) is 1.70. The van der Waals surface area contributed by atoms with Gasteiger partial charge < -0.3 is 13.9 Å². The maximum Gasteiger partial charge on any atom is 0.247 e. The van der Waals surface area contributed by atoms with Crippen LogP contribution in [0.1, 0.15) is 30.2 Å². The van der Waals surface area contributed by atoms with Crippen LogP contribution in [-0.2, 0) is 4.74 Å². The highest BCUT2D eigenvalue weighted by atomic mass is 16.5. The number of aryl methyl sites for hydroxylation is 1. The third-order valence-corrected chi connectivity index (χ3v) is 3.66. The molecule has 5 nitrogen and oxygen atoms in total. The SMILES string of the molecule is COc1ccc(-c2nnc(C)o2)cc1C1CCOCC1. The zero-order chi connectivity index (χ0) is 13.9. The molecule has 0 spiro atoms. The number of hydrogen-bond acceptors (Lipinski definition) is 5. The predicted octanol–water partition coefficient (Wildman–Crippen LogP) is 2.95. The number of methoxy groups -OCH3 is 1. The summed E-state index contributed by atoms with van der Waals surface area (Å²) in [4.78, 5) is 0. The summed E-state index contributed by atoms with van der Waals surface area (Å²) in [5, 5.41) is 7.96. The Morgan fingerprint density at radius 1 is 1.20 bits per heavy atom. The lowest BCUT2D eigenvalue weighted by molar-refractivity contribution is 0.0848. The molecule has 1 aliphatic heterocycles. The van der Waals surface area contributed by atoms with E-state index in [2.05, 4.69) is 16.3 Å². The first-order valence-electron chi connectivity index (χ1n) is 6.84. The molecule has 1 aromatic carbocycles.